The molecule has 0 aliphatic heterocycles. The molecule has 0 bridgehead atoms. The summed E-state index contributed by atoms with van der Waals surface area (Å²) in [6, 6.07) is 2.74. The maximum Gasteiger partial charge on any atom is 0.0594 e. The van der Waals surface area contributed by atoms with E-state index in [4.69, 9.17) is 5.73 Å². The molecule has 0 saturated heterocycles. The summed E-state index contributed by atoms with van der Waals surface area (Å²) < 4.78 is 1.16. The molecule has 0 fully saturated rings. The van der Waals surface area contributed by atoms with Crippen molar-refractivity contribution < 1.29 is 0 Å². The summed E-state index contributed by atoms with van der Waals surface area (Å²) in [5.74, 6) is 0. The van der Waals surface area contributed by atoms with Crippen LogP contribution < -0.4 is 5.73 Å². The number of hydrogen-bond acceptors (Lipinski definition) is 4. The van der Waals surface area contributed by atoms with E-state index < -0.39 is 0 Å². The summed E-state index contributed by atoms with van der Waals surface area (Å²) >= 11 is 5.37. The molecule has 2 unspecified atom stereocenters. The summed E-state index contributed by atoms with van der Waals surface area (Å²) in [7, 11) is 4.25. The Balaban J connectivity index is 2.92. The van der Waals surface area contributed by atoms with E-state index in [0.29, 0.717) is 6.04 Å². The Hall–Kier alpha value is 0.0600. The van der Waals surface area contributed by atoms with Gasteiger partial charge in [-0.15, -0.1) is 11.3 Å². The van der Waals surface area contributed by atoms with E-state index in [0.717, 1.165) is 36.9 Å². The predicted octanol–water partition coefficient (Wildman–Crippen LogP) is 3.56. The van der Waals surface area contributed by atoms with Crippen molar-refractivity contribution in [3.8, 4) is 0 Å². The van der Waals surface area contributed by atoms with E-state index >= 15 is 0 Å². The minimum atomic E-state index is 0.189. The van der Waals surface area contributed by atoms with E-state index in [1.54, 1.807) is 0 Å². The zero-order valence-corrected chi connectivity index (χ0v) is 15.5. The summed E-state index contributed by atoms with van der Waals surface area (Å²) in [4.78, 5) is 6.16. The topological polar surface area (TPSA) is 32.5 Å². The number of rotatable bonds is 9. The Morgan fingerprint density at radius 2 is 1.95 bits per heavy atom. The van der Waals surface area contributed by atoms with Crippen LogP contribution in [0.4, 0.5) is 0 Å². The lowest BCUT2D eigenvalue weighted by atomic mass is 10.0. The molecule has 116 valence electrons. The molecule has 3 nitrogen and oxygen atoms in total. The first-order valence-corrected chi connectivity index (χ1v) is 9.05. The highest BCUT2D eigenvalue weighted by molar-refractivity contribution is 9.10. The van der Waals surface area contributed by atoms with Gasteiger partial charge in [0.15, 0.2) is 0 Å². The van der Waals surface area contributed by atoms with Crippen molar-refractivity contribution in [1.29, 1.82) is 0 Å². The van der Waals surface area contributed by atoms with Crippen LogP contribution in [0.15, 0.2) is 15.9 Å². The third-order valence-electron chi connectivity index (χ3n) is 3.49. The molecule has 0 saturated carbocycles. The lowest BCUT2D eigenvalue weighted by Crippen LogP contribution is -2.43. The van der Waals surface area contributed by atoms with Gasteiger partial charge in [0, 0.05) is 33.9 Å². The van der Waals surface area contributed by atoms with Crippen molar-refractivity contribution in [1.82, 2.24) is 9.80 Å². The second kappa shape index (κ2) is 9.15. The first kappa shape index (κ1) is 18.1. The zero-order chi connectivity index (χ0) is 15.1. The molecule has 0 aliphatic carbocycles. The van der Waals surface area contributed by atoms with E-state index in [9.17, 15) is 0 Å². The van der Waals surface area contributed by atoms with Crippen molar-refractivity contribution in [2.75, 3.05) is 33.7 Å². The van der Waals surface area contributed by atoms with Crippen LogP contribution in [0.25, 0.3) is 0 Å². The molecule has 2 N–H and O–H groups in total. The predicted molar refractivity (Wildman–Crippen MR) is 93.4 cm³/mol. The van der Waals surface area contributed by atoms with Crippen molar-refractivity contribution in [3.05, 3.63) is 20.8 Å². The van der Waals surface area contributed by atoms with E-state index in [-0.39, 0.29) is 6.04 Å². The van der Waals surface area contributed by atoms with Crippen LogP contribution in [0.3, 0.4) is 0 Å². The average Bonchev–Trinajstić information content (AvgIpc) is 2.82. The maximum absolute atomic E-state index is 6.43. The quantitative estimate of drug-likeness (QED) is 0.729. The second-order valence-electron chi connectivity index (χ2n) is 5.52. The molecule has 1 aromatic rings. The zero-order valence-electron chi connectivity index (χ0n) is 13.1. The molecule has 0 aliphatic rings. The van der Waals surface area contributed by atoms with Gasteiger partial charge in [-0.05, 0) is 55.5 Å². The van der Waals surface area contributed by atoms with Crippen LogP contribution in [0.2, 0.25) is 0 Å². The van der Waals surface area contributed by atoms with Crippen LogP contribution in [0.1, 0.15) is 37.6 Å². The van der Waals surface area contributed by atoms with E-state index in [1.807, 2.05) is 11.3 Å². The molecule has 0 aromatic carbocycles. The van der Waals surface area contributed by atoms with Crippen LogP contribution >= 0.6 is 27.3 Å². The summed E-state index contributed by atoms with van der Waals surface area (Å²) in [6.45, 7) is 7.65. The van der Waals surface area contributed by atoms with Crippen LogP contribution in [0.5, 0.6) is 0 Å². The average molecular weight is 362 g/mol. The fourth-order valence-electron chi connectivity index (χ4n) is 2.37. The Morgan fingerprint density at radius 1 is 1.25 bits per heavy atom. The summed E-state index contributed by atoms with van der Waals surface area (Å²) in [5, 5.41) is 2.15. The number of halogens is 1. The fourth-order valence-corrected chi connectivity index (χ4v) is 4.03. The number of thiophene rings is 1. The van der Waals surface area contributed by atoms with Crippen LogP contribution in [-0.4, -0.2) is 49.6 Å². The second-order valence-corrected chi connectivity index (χ2v) is 7.38. The number of nitrogens with two attached hydrogens (primary N) is 1. The van der Waals surface area contributed by atoms with Gasteiger partial charge in [0.1, 0.15) is 0 Å². The van der Waals surface area contributed by atoms with Gasteiger partial charge in [-0.2, -0.15) is 0 Å². The molecule has 20 heavy (non-hydrogen) atoms. The Labute approximate surface area is 136 Å². The van der Waals surface area contributed by atoms with Gasteiger partial charge in [0.05, 0.1) is 6.04 Å². The van der Waals surface area contributed by atoms with Crippen molar-refractivity contribution in [2.45, 2.75) is 38.8 Å². The van der Waals surface area contributed by atoms with Crippen LogP contribution in [0, 0.1) is 0 Å². The number of nitrogens with zero attached hydrogens (tertiary/aromatic N) is 2. The highest BCUT2D eigenvalue weighted by atomic mass is 79.9. The van der Waals surface area contributed by atoms with Gasteiger partial charge in [0.2, 0.25) is 0 Å². The SMILES string of the molecule is CCCN(CCN(C)C)C(c1cc(Br)cs1)C(N)CC. The lowest BCUT2D eigenvalue weighted by Gasteiger charge is -2.35. The van der Waals surface area contributed by atoms with E-state index in [1.165, 1.54) is 4.88 Å². The van der Waals surface area contributed by atoms with Gasteiger partial charge < -0.3 is 10.6 Å². The van der Waals surface area contributed by atoms with Gasteiger partial charge in [-0.3, -0.25) is 4.90 Å². The molecule has 0 radical (unpaired) electrons. The van der Waals surface area contributed by atoms with Crippen molar-refractivity contribution in [2.24, 2.45) is 5.73 Å². The molecule has 1 aromatic heterocycles. The molecule has 2 atom stereocenters. The molecular weight excluding hydrogens is 334 g/mol. The molecule has 1 rings (SSSR count). The molecule has 5 heteroatoms. The Kier molecular flexibility index (Phi) is 8.29. The third kappa shape index (κ3) is 5.45. The number of likely N-dealkylation sites (N-methyl/N-ethyl adjacent to an activating group) is 1. The van der Waals surface area contributed by atoms with E-state index in [2.05, 4.69) is 65.1 Å². The van der Waals surface area contributed by atoms with Gasteiger partial charge in [-0.25, -0.2) is 0 Å². The third-order valence-corrected chi connectivity index (χ3v) is 5.26. The number of hydrogen-bond donors (Lipinski definition) is 1. The first-order valence-electron chi connectivity index (χ1n) is 7.37. The maximum atomic E-state index is 6.43. The summed E-state index contributed by atoms with van der Waals surface area (Å²) in [6.07, 6.45) is 2.16. The standard InChI is InChI=1S/C15H28BrN3S/c1-5-7-19(9-8-18(3)4)15(13(17)6-2)14-10-12(16)11-20-14/h10-11,13,15H,5-9,17H2,1-4H3. The fraction of sp³-hybridized carbons (Fsp3) is 0.733. The monoisotopic (exact) mass is 361 g/mol. The largest absolute Gasteiger partial charge is 0.326 e. The van der Waals surface area contributed by atoms with Crippen molar-refractivity contribution >= 4 is 27.3 Å². The molecular formula is C15H28BrN3S. The van der Waals surface area contributed by atoms with Crippen molar-refractivity contribution in [3.63, 3.8) is 0 Å². The lowest BCUT2D eigenvalue weighted by molar-refractivity contribution is 0.157. The smallest absolute Gasteiger partial charge is 0.0594 e. The first-order chi connectivity index (χ1) is 9.49. The highest BCUT2D eigenvalue weighted by Gasteiger charge is 2.26. The normalized spacial score (nSPS) is 15.0. The molecule has 1 heterocycles. The van der Waals surface area contributed by atoms with Gasteiger partial charge in [-0.1, -0.05) is 13.8 Å². The minimum absolute atomic E-state index is 0.189. The highest BCUT2D eigenvalue weighted by Crippen LogP contribution is 2.32. The molecule has 0 spiro atoms. The Morgan fingerprint density at radius 3 is 2.40 bits per heavy atom. The van der Waals surface area contributed by atoms with Gasteiger partial charge in [0.25, 0.3) is 0 Å². The summed E-state index contributed by atoms with van der Waals surface area (Å²) in [5.41, 5.74) is 6.43. The van der Waals surface area contributed by atoms with Crippen LogP contribution in [-0.2, 0) is 0 Å². The minimum Gasteiger partial charge on any atom is -0.326 e. The van der Waals surface area contributed by atoms with Gasteiger partial charge >= 0.3 is 0 Å². The Bertz CT molecular complexity index is 381. The molecule has 0 amide bonds.